The van der Waals surface area contributed by atoms with Crippen molar-refractivity contribution in [3.05, 3.63) is 0 Å². The molecule has 110 valence electrons. The minimum Gasteiger partial charge on any atom is -0.348 e. The minimum absolute atomic E-state index is 0.330. The van der Waals surface area contributed by atoms with Gasteiger partial charge < -0.3 is 9.47 Å². The van der Waals surface area contributed by atoms with Crippen LogP contribution in [0.1, 0.15) is 48.5 Å². The second-order valence-corrected chi connectivity index (χ2v) is 7.86. The summed E-state index contributed by atoms with van der Waals surface area (Å²) in [6.45, 7) is 12.9. The van der Waals surface area contributed by atoms with Gasteiger partial charge in [-0.25, -0.2) is 4.39 Å². The SMILES string of the molecule is CC1(C)OCC([C@@H]2C(C)(C)[C@]2(F)C(=O)C(C)(C)C)O1. The summed E-state index contributed by atoms with van der Waals surface area (Å²) < 4.78 is 26.5. The Morgan fingerprint density at radius 1 is 1.21 bits per heavy atom. The Labute approximate surface area is 114 Å². The normalized spacial score (nSPS) is 40.2. The summed E-state index contributed by atoms with van der Waals surface area (Å²) in [5.74, 6) is -1.44. The van der Waals surface area contributed by atoms with E-state index in [9.17, 15) is 4.79 Å². The zero-order valence-electron chi connectivity index (χ0n) is 13.0. The van der Waals surface area contributed by atoms with E-state index in [1.165, 1.54) is 0 Å². The van der Waals surface area contributed by atoms with Crippen LogP contribution in [0.5, 0.6) is 0 Å². The van der Waals surface area contributed by atoms with Crippen LogP contribution in [0.25, 0.3) is 0 Å². The molecule has 1 unspecified atom stereocenters. The molecular weight excluding hydrogens is 247 g/mol. The maximum absolute atomic E-state index is 15.3. The molecule has 3 atom stereocenters. The van der Waals surface area contributed by atoms with Gasteiger partial charge in [0, 0.05) is 16.7 Å². The van der Waals surface area contributed by atoms with Crippen LogP contribution in [0.2, 0.25) is 0 Å². The number of rotatable bonds is 2. The first-order valence-electron chi connectivity index (χ1n) is 6.89. The van der Waals surface area contributed by atoms with Gasteiger partial charge in [0.1, 0.15) is 0 Å². The molecule has 4 heteroatoms. The third-order valence-electron chi connectivity index (χ3n) is 4.47. The summed E-state index contributed by atoms with van der Waals surface area (Å²) in [5.41, 5.74) is -3.18. The number of ether oxygens (including phenoxy) is 2. The van der Waals surface area contributed by atoms with Gasteiger partial charge in [-0.3, -0.25) is 4.79 Å². The van der Waals surface area contributed by atoms with Crippen LogP contribution >= 0.6 is 0 Å². The van der Waals surface area contributed by atoms with Crippen LogP contribution in [0, 0.1) is 16.7 Å². The Morgan fingerprint density at radius 2 is 1.74 bits per heavy atom. The molecular formula is C15H25FO3. The number of alkyl halides is 1. The molecule has 19 heavy (non-hydrogen) atoms. The van der Waals surface area contributed by atoms with Crippen molar-refractivity contribution in [2.75, 3.05) is 6.61 Å². The molecule has 1 saturated heterocycles. The Balaban J connectivity index is 2.23. The summed E-state index contributed by atoms with van der Waals surface area (Å²) in [5, 5.41) is 0. The van der Waals surface area contributed by atoms with Gasteiger partial charge in [0.05, 0.1) is 12.7 Å². The van der Waals surface area contributed by atoms with Crippen LogP contribution in [-0.4, -0.2) is 29.9 Å². The average molecular weight is 272 g/mol. The van der Waals surface area contributed by atoms with Crippen molar-refractivity contribution in [3.63, 3.8) is 0 Å². The van der Waals surface area contributed by atoms with Crippen molar-refractivity contribution in [1.29, 1.82) is 0 Å². The topological polar surface area (TPSA) is 35.5 Å². The van der Waals surface area contributed by atoms with Gasteiger partial charge in [-0.1, -0.05) is 34.6 Å². The van der Waals surface area contributed by atoms with Gasteiger partial charge >= 0.3 is 0 Å². The molecule has 0 bridgehead atoms. The molecule has 3 nitrogen and oxygen atoms in total. The van der Waals surface area contributed by atoms with E-state index in [-0.39, 0.29) is 11.9 Å². The quantitative estimate of drug-likeness (QED) is 0.775. The molecule has 0 radical (unpaired) electrons. The Hall–Kier alpha value is -0.480. The molecule has 0 aromatic carbocycles. The lowest BCUT2D eigenvalue weighted by atomic mass is 9.84. The number of hydrogen-bond acceptors (Lipinski definition) is 3. The second kappa shape index (κ2) is 3.79. The number of hydrogen-bond donors (Lipinski definition) is 0. The van der Waals surface area contributed by atoms with E-state index >= 15 is 4.39 Å². The molecule has 0 aromatic heterocycles. The van der Waals surface area contributed by atoms with Crippen molar-refractivity contribution >= 4 is 5.78 Å². The summed E-state index contributed by atoms with van der Waals surface area (Å²) >= 11 is 0. The van der Waals surface area contributed by atoms with Crippen LogP contribution in [0.4, 0.5) is 4.39 Å². The van der Waals surface area contributed by atoms with E-state index in [0.717, 1.165) is 0 Å². The molecule has 2 fully saturated rings. The zero-order valence-corrected chi connectivity index (χ0v) is 13.0. The first kappa shape index (κ1) is 14.9. The fourth-order valence-electron chi connectivity index (χ4n) is 3.33. The molecule has 0 aromatic rings. The third kappa shape index (κ3) is 2.04. The van der Waals surface area contributed by atoms with E-state index in [1.807, 2.05) is 13.8 Å². The van der Waals surface area contributed by atoms with Crippen LogP contribution in [0.15, 0.2) is 0 Å². The predicted molar refractivity (Wildman–Crippen MR) is 70.5 cm³/mol. The maximum Gasteiger partial charge on any atom is 0.180 e. The van der Waals surface area contributed by atoms with Gasteiger partial charge in [0.2, 0.25) is 0 Å². The van der Waals surface area contributed by atoms with Gasteiger partial charge in [0.25, 0.3) is 0 Å². The Morgan fingerprint density at radius 3 is 2.11 bits per heavy atom. The largest absolute Gasteiger partial charge is 0.348 e. The highest BCUT2D eigenvalue weighted by Crippen LogP contribution is 2.69. The highest BCUT2D eigenvalue weighted by Gasteiger charge is 2.80. The Kier molecular flexibility index (Phi) is 2.98. The standard InChI is InChI=1S/C15H25FO3/c1-12(2,3)11(17)15(16)10(13(15,4)5)9-8-18-14(6,7)19-9/h9-10H,8H2,1-7H3/t9?,10-,15-/m1/s1. The van der Waals surface area contributed by atoms with Crippen LogP contribution < -0.4 is 0 Å². The molecule has 0 N–H and O–H groups in total. The van der Waals surface area contributed by atoms with Gasteiger partial charge in [-0.2, -0.15) is 0 Å². The van der Waals surface area contributed by atoms with Gasteiger partial charge in [-0.15, -0.1) is 0 Å². The summed E-state index contributed by atoms with van der Waals surface area (Å²) in [6.07, 6.45) is -0.346. The third-order valence-corrected chi connectivity index (χ3v) is 4.47. The van der Waals surface area contributed by atoms with Gasteiger partial charge in [-0.05, 0) is 13.8 Å². The average Bonchev–Trinajstić information content (AvgIpc) is 2.51. The molecule has 1 heterocycles. The van der Waals surface area contributed by atoms with E-state index in [4.69, 9.17) is 9.47 Å². The lowest BCUT2D eigenvalue weighted by Gasteiger charge is -2.22. The predicted octanol–water partition coefficient (Wildman–Crippen LogP) is 3.12. The lowest BCUT2D eigenvalue weighted by molar-refractivity contribution is -0.145. The zero-order chi connectivity index (χ0) is 14.9. The monoisotopic (exact) mass is 272 g/mol. The lowest BCUT2D eigenvalue weighted by Crippen LogP contribution is -2.36. The number of ketones is 1. The fraction of sp³-hybridized carbons (Fsp3) is 0.933. The van der Waals surface area contributed by atoms with Crippen molar-refractivity contribution < 1.29 is 18.7 Å². The number of carbonyl (C=O) groups excluding carboxylic acids is 1. The summed E-state index contributed by atoms with van der Waals surface area (Å²) in [7, 11) is 0. The van der Waals surface area contributed by atoms with Crippen molar-refractivity contribution in [1.82, 2.24) is 0 Å². The highest BCUT2D eigenvalue weighted by atomic mass is 19.1. The van der Waals surface area contributed by atoms with Gasteiger partial charge in [0.15, 0.2) is 17.2 Å². The second-order valence-electron chi connectivity index (χ2n) is 7.86. The highest BCUT2D eigenvalue weighted by molar-refractivity contribution is 5.96. The van der Waals surface area contributed by atoms with Crippen LogP contribution in [0.3, 0.4) is 0 Å². The first-order valence-corrected chi connectivity index (χ1v) is 6.89. The Bertz CT molecular complexity index is 408. The molecule has 2 rings (SSSR count). The van der Waals surface area contributed by atoms with E-state index in [1.54, 1.807) is 34.6 Å². The van der Waals surface area contributed by atoms with E-state index in [0.29, 0.717) is 6.61 Å². The van der Waals surface area contributed by atoms with Crippen molar-refractivity contribution in [3.8, 4) is 0 Å². The van der Waals surface area contributed by atoms with E-state index in [2.05, 4.69) is 0 Å². The summed E-state index contributed by atoms with van der Waals surface area (Å²) in [6, 6.07) is 0. The molecule has 2 aliphatic rings. The summed E-state index contributed by atoms with van der Waals surface area (Å²) in [4.78, 5) is 12.4. The van der Waals surface area contributed by atoms with Crippen LogP contribution in [-0.2, 0) is 14.3 Å². The van der Waals surface area contributed by atoms with E-state index < -0.39 is 28.2 Å². The number of Topliss-reactive ketones (excluding diaryl/α,β-unsaturated/α-hetero) is 1. The first-order chi connectivity index (χ1) is 8.34. The molecule has 1 aliphatic carbocycles. The maximum atomic E-state index is 15.3. The smallest absolute Gasteiger partial charge is 0.180 e. The fourth-order valence-corrected chi connectivity index (χ4v) is 3.33. The molecule has 1 aliphatic heterocycles. The van der Waals surface area contributed by atoms with Crippen molar-refractivity contribution in [2.45, 2.75) is 66.0 Å². The molecule has 0 spiro atoms. The molecule has 1 saturated carbocycles. The van der Waals surface area contributed by atoms with Crippen molar-refractivity contribution in [2.24, 2.45) is 16.7 Å². The number of carbonyl (C=O) groups is 1. The molecule has 0 amide bonds. The number of halogens is 1. The minimum atomic E-state index is -1.81.